The van der Waals surface area contributed by atoms with Crippen molar-refractivity contribution in [3.8, 4) is 0 Å². The van der Waals surface area contributed by atoms with Crippen molar-refractivity contribution in [2.75, 3.05) is 51.6 Å². The van der Waals surface area contributed by atoms with Crippen molar-refractivity contribution >= 4 is 46.5 Å². The average molecular weight is 922 g/mol. The van der Waals surface area contributed by atoms with Gasteiger partial charge in [-0.15, -0.1) is 0 Å². The Labute approximate surface area is 379 Å². The van der Waals surface area contributed by atoms with E-state index in [1.165, 1.54) is 26.9 Å². The maximum absolute atomic E-state index is 14.3. The number of carbonyl (C=O) groups is 3. The SMILES string of the molecule is CN(CCC1CCN(Cc2cccc3c2n(C)c(=O)n3C2CCC(=O)NC2=O)CC1)CC1CCC(n2cc(NC(=O)C3C=NN4C=CC(N5C[C@H](N)CC(F)(F)C5)=NC34)c(C(F)F)n2)CC1. The van der Waals surface area contributed by atoms with E-state index in [2.05, 4.69) is 42.7 Å². The molecule has 1 saturated carbocycles. The van der Waals surface area contributed by atoms with Crippen molar-refractivity contribution in [1.29, 1.82) is 0 Å². The summed E-state index contributed by atoms with van der Waals surface area (Å²) in [5.41, 5.74) is 7.61. The largest absolute Gasteiger partial charge is 0.349 e. The van der Waals surface area contributed by atoms with Crippen LogP contribution in [0.5, 0.6) is 0 Å². The highest BCUT2D eigenvalue weighted by atomic mass is 19.3. The number of aryl methyl sites for hydroxylation is 1. The Morgan fingerprint density at radius 3 is 2.56 bits per heavy atom. The summed E-state index contributed by atoms with van der Waals surface area (Å²) in [6.45, 7) is 4.16. The Bertz CT molecular complexity index is 2470. The van der Waals surface area contributed by atoms with E-state index in [9.17, 15) is 36.7 Å². The molecular formula is C45H59F4N13O4. The number of aromatic nitrogens is 4. The van der Waals surface area contributed by atoms with Gasteiger partial charge in [0.25, 0.3) is 12.3 Å². The Balaban J connectivity index is 0.729. The molecular weight excluding hydrogens is 863 g/mol. The number of para-hydroxylation sites is 1. The number of hydrazone groups is 1. The first-order valence-electron chi connectivity index (χ1n) is 23.2. The maximum Gasteiger partial charge on any atom is 0.329 e. The summed E-state index contributed by atoms with van der Waals surface area (Å²) in [7, 11) is 3.90. The first-order valence-corrected chi connectivity index (χ1v) is 23.2. The molecule has 0 spiro atoms. The summed E-state index contributed by atoms with van der Waals surface area (Å²) in [5, 5.41) is 15.0. The van der Waals surface area contributed by atoms with Crippen LogP contribution in [0.4, 0.5) is 23.2 Å². The number of imide groups is 1. The predicted octanol–water partition coefficient (Wildman–Crippen LogP) is 4.19. The number of nitrogens with one attached hydrogen (secondary N) is 2. The topological polar surface area (TPSA) is 184 Å². The Morgan fingerprint density at radius 1 is 1.06 bits per heavy atom. The van der Waals surface area contributed by atoms with Gasteiger partial charge in [0.05, 0.1) is 29.3 Å². The van der Waals surface area contributed by atoms with Gasteiger partial charge in [0.2, 0.25) is 17.7 Å². The summed E-state index contributed by atoms with van der Waals surface area (Å²) in [6, 6.07) is 4.30. The second-order valence-corrected chi connectivity index (χ2v) is 19.2. The van der Waals surface area contributed by atoms with Crippen LogP contribution in [0.15, 0.2) is 51.6 Å². The molecule has 66 heavy (non-hydrogen) atoms. The zero-order chi connectivity index (χ0) is 46.4. The number of amidine groups is 1. The Hall–Kier alpha value is -5.41. The molecule has 3 unspecified atom stereocenters. The third-order valence-corrected chi connectivity index (χ3v) is 14.4. The fourth-order valence-electron chi connectivity index (χ4n) is 10.9. The number of halogens is 4. The van der Waals surface area contributed by atoms with Gasteiger partial charge in [0, 0.05) is 64.2 Å². The van der Waals surface area contributed by atoms with Crippen LogP contribution in [0.3, 0.4) is 0 Å². The Kier molecular flexibility index (Phi) is 13.0. The predicted molar refractivity (Wildman–Crippen MR) is 239 cm³/mol. The second-order valence-electron chi connectivity index (χ2n) is 19.2. The molecule has 356 valence electrons. The number of alkyl halides is 4. The van der Waals surface area contributed by atoms with Gasteiger partial charge in [-0.2, -0.15) is 10.2 Å². The molecule has 3 amide bonds. The number of aliphatic imine (C=N–C) groups is 1. The lowest BCUT2D eigenvalue weighted by molar-refractivity contribution is -0.135. The van der Waals surface area contributed by atoms with Crippen molar-refractivity contribution < 1.29 is 31.9 Å². The van der Waals surface area contributed by atoms with Gasteiger partial charge in [-0.3, -0.25) is 38.4 Å². The van der Waals surface area contributed by atoms with Crippen molar-refractivity contribution in [2.45, 2.75) is 107 Å². The molecule has 9 rings (SSSR count). The molecule has 4 atom stereocenters. The van der Waals surface area contributed by atoms with Crippen molar-refractivity contribution in [2.24, 2.45) is 40.6 Å². The minimum Gasteiger partial charge on any atom is -0.349 e. The smallest absolute Gasteiger partial charge is 0.329 e. The molecule has 4 N–H and O–H groups in total. The highest BCUT2D eigenvalue weighted by Gasteiger charge is 2.43. The van der Waals surface area contributed by atoms with E-state index in [0.717, 1.165) is 82.2 Å². The van der Waals surface area contributed by atoms with E-state index in [0.29, 0.717) is 30.3 Å². The summed E-state index contributed by atoms with van der Waals surface area (Å²) < 4.78 is 62.0. The molecule has 0 radical (unpaired) electrons. The highest BCUT2D eigenvalue weighted by molar-refractivity contribution is 6.04. The van der Waals surface area contributed by atoms with E-state index in [1.807, 2.05) is 18.2 Å². The van der Waals surface area contributed by atoms with Gasteiger partial charge in [0.1, 0.15) is 17.8 Å². The molecule has 1 aliphatic carbocycles. The van der Waals surface area contributed by atoms with Crippen LogP contribution < -0.4 is 22.1 Å². The van der Waals surface area contributed by atoms with Crippen LogP contribution in [0.2, 0.25) is 0 Å². The van der Waals surface area contributed by atoms with Crippen LogP contribution in [0.1, 0.15) is 94.0 Å². The summed E-state index contributed by atoms with van der Waals surface area (Å²) >= 11 is 0. The van der Waals surface area contributed by atoms with Gasteiger partial charge < -0.3 is 20.9 Å². The quantitative estimate of drug-likeness (QED) is 0.176. The van der Waals surface area contributed by atoms with Crippen molar-refractivity contribution in [3.05, 3.63) is 58.4 Å². The number of amides is 3. The van der Waals surface area contributed by atoms with Crippen LogP contribution >= 0.6 is 0 Å². The number of benzene rings is 1. The summed E-state index contributed by atoms with van der Waals surface area (Å²) in [5.74, 6) is -3.97. The number of nitrogens with two attached hydrogens (primary N) is 1. The third kappa shape index (κ3) is 9.56. The van der Waals surface area contributed by atoms with E-state index >= 15 is 0 Å². The number of hydrogen-bond donors (Lipinski definition) is 3. The lowest BCUT2D eigenvalue weighted by Gasteiger charge is -2.38. The monoisotopic (exact) mass is 921 g/mol. The number of imidazole rings is 1. The number of fused-ring (bicyclic) bond motifs is 2. The standard InChI is InChI=1S/C45H59F4N13O4/c1-56(16-12-27-13-17-58(18-14-27)23-29-4-3-5-34-39(29)57(2)44(66)62(34)35-10-11-37(63)54-43(35)65)22-28-6-8-31(9-7-28)61-25-33(38(55-61)40(46)47)52-42(64)32-21-51-60-19-15-36(53-41(32)60)59-24-30(50)20-45(48,49)26-59/h3-5,15,19,21,25,27-28,30-32,35,40-41H,6-14,16-18,20,22-24,26,50H2,1-2H3,(H,52,64)(H,54,63,65)/t28?,30-,31?,32?,35?,41?/m1/s1. The van der Waals surface area contributed by atoms with Crippen LogP contribution in [-0.2, 0) is 28.0 Å². The molecule has 21 heteroatoms. The van der Waals surface area contributed by atoms with E-state index in [4.69, 9.17) is 5.73 Å². The molecule has 3 aromatic rings. The van der Waals surface area contributed by atoms with Crippen molar-refractivity contribution in [3.63, 3.8) is 0 Å². The minimum absolute atomic E-state index is 0.0715. The number of likely N-dealkylation sites (tertiary alicyclic amines) is 2. The number of piperidine rings is 3. The van der Waals surface area contributed by atoms with E-state index < -0.39 is 67.0 Å². The highest BCUT2D eigenvalue weighted by Crippen LogP contribution is 2.37. The fraction of sp³-hybridized carbons (Fsp3) is 0.622. The molecule has 7 heterocycles. The van der Waals surface area contributed by atoms with E-state index in [-0.39, 0.29) is 42.1 Å². The first kappa shape index (κ1) is 45.7. The fourth-order valence-corrected chi connectivity index (χ4v) is 10.9. The van der Waals surface area contributed by atoms with Gasteiger partial charge in [-0.05, 0) is 108 Å². The Morgan fingerprint density at radius 2 is 1.83 bits per heavy atom. The third-order valence-electron chi connectivity index (χ3n) is 14.4. The van der Waals surface area contributed by atoms with Crippen molar-refractivity contribution in [1.82, 2.24) is 43.9 Å². The normalized spacial score (nSPS) is 27.3. The minimum atomic E-state index is -2.98. The zero-order valence-corrected chi connectivity index (χ0v) is 37.4. The number of rotatable bonds is 12. The van der Waals surface area contributed by atoms with Crippen LogP contribution in [0.25, 0.3) is 11.0 Å². The number of nitrogens with zero attached hydrogens (tertiary/aromatic N) is 10. The summed E-state index contributed by atoms with van der Waals surface area (Å²) in [6.07, 6.45) is 8.91. The second kappa shape index (κ2) is 18.7. The molecule has 5 aliphatic heterocycles. The summed E-state index contributed by atoms with van der Waals surface area (Å²) in [4.78, 5) is 62.2. The molecule has 1 aromatic carbocycles. The molecule has 0 bridgehead atoms. The van der Waals surface area contributed by atoms with Gasteiger partial charge in [0.15, 0.2) is 11.9 Å². The van der Waals surface area contributed by atoms with Gasteiger partial charge in [-0.1, -0.05) is 12.1 Å². The lowest BCUT2D eigenvalue weighted by Crippen LogP contribution is -2.55. The molecule has 4 fully saturated rings. The lowest BCUT2D eigenvalue weighted by atomic mass is 9.85. The average Bonchev–Trinajstić information content (AvgIpc) is 3.97. The van der Waals surface area contributed by atoms with Gasteiger partial charge >= 0.3 is 5.69 Å². The number of hydrogen-bond acceptors (Lipinski definition) is 12. The molecule has 17 nitrogen and oxygen atoms in total. The van der Waals surface area contributed by atoms with Gasteiger partial charge in [-0.25, -0.2) is 32.4 Å². The molecule has 6 aliphatic rings. The van der Waals surface area contributed by atoms with Crippen LogP contribution in [0, 0.1) is 17.8 Å². The molecule has 3 saturated heterocycles. The first-order chi connectivity index (χ1) is 31.6. The molecule has 2 aromatic heterocycles. The van der Waals surface area contributed by atoms with E-state index in [1.54, 1.807) is 28.6 Å². The number of anilines is 1. The zero-order valence-electron chi connectivity index (χ0n) is 37.4. The number of carbonyl (C=O) groups excluding carboxylic acids is 3. The van der Waals surface area contributed by atoms with Crippen LogP contribution in [-0.4, -0.2) is 133 Å². The maximum atomic E-state index is 14.3.